The first-order chi connectivity index (χ1) is 6.77. The van der Waals surface area contributed by atoms with E-state index in [-0.39, 0.29) is 0 Å². The van der Waals surface area contributed by atoms with Crippen LogP contribution in [0.15, 0.2) is 42.7 Å². The summed E-state index contributed by atoms with van der Waals surface area (Å²) in [7, 11) is 0. The average Bonchev–Trinajstić information content (AvgIpc) is 2.25. The predicted octanol–water partition coefficient (Wildman–Crippen LogP) is 3.17. The molecule has 1 heteroatoms. The Morgan fingerprint density at radius 1 is 1.29 bits per heavy atom. The molecule has 1 aliphatic heterocycles. The molecule has 1 heterocycles. The third-order valence-electron chi connectivity index (χ3n) is 2.93. The zero-order valence-electron chi connectivity index (χ0n) is 8.57. The molecule has 1 saturated heterocycles. The average molecular weight is 188 g/mol. The summed E-state index contributed by atoms with van der Waals surface area (Å²) in [5.74, 6) is 1.49. The van der Waals surface area contributed by atoms with Gasteiger partial charge in [0.2, 0.25) is 0 Å². The molecule has 0 aliphatic carbocycles. The Labute approximate surface area is 85.4 Å². The van der Waals surface area contributed by atoms with Gasteiger partial charge in [-0.25, -0.2) is 0 Å². The molecule has 74 valence electrons. The van der Waals surface area contributed by atoms with Crippen LogP contribution < -0.4 is 0 Å². The quantitative estimate of drug-likeness (QED) is 0.708. The van der Waals surface area contributed by atoms with Crippen LogP contribution >= 0.6 is 0 Å². The van der Waals surface area contributed by atoms with E-state index in [0.717, 1.165) is 18.6 Å². The maximum atomic E-state index is 5.48. The van der Waals surface area contributed by atoms with Crippen molar-refractivity contribution < 1.29 is 4.74 Å². The van der Waals surface area contributed by atoms with Crippen molar-refractivity contribution in [2.45, 2.75) is 25.9 Å². The van der Waals surface area contributed by atoms with Gasteiger partial charge < -0.3 is 4.74 Å². The van der Waals surface area contributed by atoms with Crippen LogP contribution in [0.2, 0.25) is 0 Å². The van der Waals surface area contributed by atoms with Gasteiger partial charge in [-0.2, -0.15) is 0 Å². The lowest BCUT2D eigenvalue weighted by molar-refractivity contribution is -0.0379. The molecule has 0 N–H and O–H groups in total. The summed E-state index contributed by atoms with van der Waals surface area (Å²) >= 11 is 0. The Balaban J connectivity index is 1.81. The van der Waals surface area contributed by atoms with Gasteiger partial charge in [0, 0.05) is 0 Å². The predicted molar refractivity (Wildman–Crippen MR) is 57.9 cm³/mol. The number of benzene rings is 1. The van der Waals surface area contributed by atoms with E-state index in [1.807, 2.05) is 6.07 Å². The van der Waals surface area contributed by atoms with Gasteiger partial charge in [0.25, 0.3) is 0 Å². The van der Waals surface area contributed by atoms with Crippen molar-refractivity contribution in [2.75, 3.05) is 0 Å². The van der Waals surface area contributed by atoms with Crippen molar-refractivity contribution in [3.63, 3.8) is 0 Å². The largest absolute Gasteiger partial charge is 0.494 e. The van der Waals surface area contributed by atoms with Gasteiger partial charge in [-0.15, -0.1) is 0 Å². The summed E-state index contributed by atoms with van der Waals surface area (Å²) in [5, 5.41) is 0. The third kappa shape index (κ3) is 1.82. The minimum Gasteiger partial charge on any atom is -0.494 e. The van der Waals surface area contributed by atoms with Gasteiger partial charge in [-0.05, 0) is 18.4 Å². The van der Waals surface area contributed by atoms with Gasteiger partial charge >= 0.3 is 0 Å². The van der Waals surface area contributed by atoms with E-state index in [4.69, 9.17) is 4.74 Å². The van der Waals surface area contributed by atoms with Gasteiger partial charge in [0.15, 0.2) is 0 Å². The van der Waals surface area contributed by atoms with E-state index in [2.05, 4.69) is 37.8 Å². The topological polar surface area (TPSA) is 9.23 Å². The lowest BCUT2D eigenvalue weighted by Crippen LogP contribution is -2.35. The van der Waals surface area contributed by atoms with Crippen molar-refractivity contribution in [1.29, 1.82) is 0 Å². The summed E-state index contributed by atoms with van der Waals surface area (Å²) in [6.07, 6.45) is 2.59. The molecule has 1 aromatic carbocycles. The first kappa shape index (κ1) is 9.32. The van der Waals surface area contributed by atoms with Crippen molar-refractivity contribution in [3.8, 4) is 0 Å². The second-order valence-corrected chi connectivity index (χ2v) is 3.94. The minimum atomic E-state index is 0.391. The number of rotatable bonds is 3. The summed E-state index contributed by atoms with van der Waals surface area (Å²) in [4.78, 5) is 0. The Morgan fingerprint density at radius 2 is 2.00 bits per heavy atom. The molecule has 14 heavy (non-hydrogen) atoms. The Hall–Kier alpha value is -1.24. The number of hydrogen-bond acceptors (Lipinski definition) is 1. The molecule has 0 bridgehead atoms. The Bertz CT molecular complexity index is 315. The summed E-state index contributed by atoms with van der Waals surface area (Å²) < 4.78 is 5.48. The molecule has 0 unspecified atom stereocenters. The second-order valence-electron chi connectivity index (χ2n) is 3.94. The monoisotopic (exact) mass is 188 g/mol. The summed E-state index contributed by atoms with van der Waals surface area (Å²) in [6.45, 7) is 6.01. The standard InChI is InChI=1S/C13H16O/c1-10-11(2)14-13(10)9-8-12-6-4-3-5-7-12/h3-7,10,13H,2,8-9H2,1H3/t10-,13+/m1/s1. The third-order valence-corrected chi connectivity index (χ3v) is 2.93. The molecule has 0 saturated carbocycles. The van der Waals surface area contributed by atoms with Crippen molar-refractivity contribution in [2.24, 2.45) is 5.92 Å². The molecular weight excluding hydrogens is 172 g/mol. The molecule has 1 aliphatic rings. The normalized spacial score (nSPS) is 25.4. The molecule has 1 nitrogen and oxygen atoms in total. The first-order valence-corrected chi connectivity index (χ1v) is 5.17. The van der Waals surface area contributed by atoms with E-state index in [1.165, 1.54) is 5.56 Å². The van der Waals surface area contributed by atoms with Crippen LogP contribution in [0.3, 0.4) is 0 Å². The molecule has 2 rings (SSSR count). The van der Waals surface area contributed by atoms with Crippen molar-refractivity contribution in [1.82, 2.24) is 0 Å². The van der Waals surface area contributed by atoms with Gasteiger partial charge in [0.05, 0.1) is 11.7 Å². The van der Waals surface area contributed by atoms with Crippen molar-refractivity contribution >= 4 is 0 Å². The number of aryl methyl sites for hydroxylation is 1. The van der Waals surface area contributed by atoms with Gasteiger partial charge in [0.1, 0.15) is 6.10 Å². The van der Waals surface area contributed by atoms with Gasteiger partial charge in [-0.1, -0.05) is 43.8 Å². The van der Waals surface area contributed by atoms with E-state index in [0.29, 0.717) is 12.0 Å². The number of hydrogen-bond donors (Lipinski definition) is 0. The maximum absolute atomic E-state index is 5.48. The fourth-order valence-electron chi connectivity index (χ4n) is 1.80. The summed E-state index contributed by atoms with van der Waals surface area (Å²) in [6, 6.07) is 10.5. The highest BCUT2D eigenvalue weighted by molar-refractivity contribution is 5.15. The van der Waals surface area contributed by atoms with E-state index in [9.17, 15) is 0 Å². The van der Waals surface area contributed by atoms with Crippen LogP contribution in [0.25, 0.3) is 0 Å². The molecular formula is C13H16O. The molecule has 0 radical (unpaired) electrons. The molecule has 0 aromatic heterocycles. The van der Waals surface area contributed by atoms with Crippen LogP contribution in [0.4, 0.5) is 0 Å². The fourth-order valence-corrected chi connectivity index (χ4v) is 1.80. The van der Waals surface area contributed by atoms with Gasteiger partial charge in [-0.3, -0.25) is 0 Å². The minimum absolute atomic E-state index is 0.391. The van der Waals surface area contributed by atoms with Crippen molar-refractivity contribution in [3.05, 3.63) is 48.2 Å². The molecule has 1 aromatic rings. The van der Waals surface area contributed by atoms with E-state index < -0.39 is 0 Å². The molecule has 0 spiro atoms. The highest BCUT2D eigenvalue weighted by atomic mass is 16.5. The zero-order valence-corrected chi connectivity index (χ0v) is 8.57. The maximum Gasteiger partial charge on any atom is 0.108 e. The van der Waals surface area contributed by atoms with Crippen LogP contribution in [0.1, 0.15) is 18.9 Å². The molecule has 2 atom stereocenters. The van der Waals surface area contributed by atoms with Crippen LogP contribution in [-0.2, 0) is 11.2 Å². The lowest BCUT2D eigenvalue weighted by Gasteiger charge is -2.37. The lowest BCUT2D eigenvalue weighted by atomic mass is 9.92. The molecule has 0 amide bonds. The second kappa shape index (κ2) is 3.87. The summed E-state index contributed by atoms with van der Waals surface area (Å²) in [5.41, 5.74) is 1.39. The van der Waals surface area contributed by atoms with Crippen LogP contribution in [0.5, 0.6) is 0 Å². The highest BCUT2D eigenvalue weighted by Gasteiger charge is 2.32. The van der Waals surface area contributed by atoms with Crippen LogP contribution in [0, 0.1) is 5.92 Å². The molecule has 1 fully saturated rings. The SMILES string of the molecule is C=C1O[C@@H](CCc2ccccc2)[C@@H]1C. The first-order valence-electron chi connectivity index (χ1n) is 5.17. The van der Waals surface area contributed by atoms with Crippen LogP contribution in [-0.4, -0.2) is 6.10 Å². The van der Waals surface area contributed by atoms with E-state index in [1.54, 1.807) is 0 Å². The number of ether oxygens (including phenoxy) is 1. The highest BCUT2D eigenvalue weighted by Crippen LogP contribution is 2.33. The Kier molecular flexibility index (Phi) is 2.58. The van der Waals surface area contributed by atoms with E-state index >= 15 is 0 Å². The fraction of sp³-hybridized carbons (Fsp3) is 0.385. The zero-order chi connectivity index (χ0) is 9.97. The Morgan fingerprint density at radius 3 is 2.57 bits per heavy atom. The smallest absolute Gasteiger partial charge is 0.108 e.